The van der Waals surface area contributed by atoms with Crippen LogP contribution in [-0.4, -0.2) is 59.0 Å². The Kier molecular flexibility index (Phi) is 6.09. The molecule has 0 unspecified atom stereocenters. The van der Waals surface area contributed by atoms with Crippen molar-refractivity contribution in [1.29, 1.82) is 0 Å². The molecule has 3 aliphatic rings. The third kappa shape index (κ3) is 4.48. The van der Waals surface area contributed by atoms with Gasteiger partial charge < -0.3 is 10.1 Å². The number of fused-ring (bicyclic) bond motifs is 1. The molecule has 180 valence electrons. The normalized spacial score (nSPS) is 24.7. The number of pyridine rings is 1. The fourth-order valence-corrected chi connectivity index (χ4v) is 6.69. The number of ether oxygens (including phenoxy) is 1. The van der Waals surface area contributed by atoms with Gasteiger partial charge in [-0.1, -0.05) is 0 Å². The zero-order valence-corrected chi connectivity index (χ0v) is 20.2. The second kappa shape index (κ2) is 8.88. The maximum Gasteiger partial charge on any atom is 0.159 e. The molecule has 10 heteroatoms. The molecule has 33 heavy (non-hydrogen) atoms. The highest BCUT2D eigenvalue weighted by molar-refractivity contribution is 7.91. The summed E-state index contributed by atoms with van der Waals surface area (Å²) in [4.78, 5) is 10.8. The number of aromatic nitrogens is 3. The molecule has 4 heterocycles. The number of rotatable bonds is 6. The van der Waals surface area contributed by atoms with Gasteiger partial charge in [-0.3, -0.25) is 10.3 Å². The van der Waals surface area contributed by atoms with Crippen LogP contribution in [0.15, 0.2) is 18.5 Å². The Morgan fingerprint density at radius 2 is 1.97 bits per heavy atom. The van der Waals surface area contributed by atoms with E-state index in [1.807, 2.05) is 30.9 Å². The van der Waals surface area contributed by atoms with Crippen LogP contribution in [0.5, 0.6) is 0 Å². The van der Waals surface area contributed by atoms with Crippen LogP contribution in [0.2, 0.25) is 0 Å². The molecule has 0 bridgehead atoms. The standard InChI is InChI=1S/C23H33N5O4S/c1-3-28-22-19(15-25-28)21(26-16-7-11-33(29,30)12-8-16)18(14-24-22)20-13-23(32-27-20)9-5-17(6-10-23)31-4-2/h13-17,27H,3-12H2,1-2H3,(H,24,26). The summed E-state index contributed by atoms with van der Waals surface area (Å²) in [6, 6.07) is 0.0846. The van der Waals surface area contributed by atoms with Gasteiger partial charge in [0.15, 0.2) is 5.65 Å². The van der Waals surface area contributed by atoms with Crippen molar-refractivity contribution < 1.29 is 18.0 Å². The van der Waals surface area contributed by atoms with Gasteiger partial charge in [-0.2, -0.15) is 5.10 Å². The van der Waals surface area contributed by atoms with Gasteiger partial charge in [0.1, 0.15) is 15.4 Å². The van der Waals surface area contributed by atoms with Gasteiger partial charge in [-0.25, -0.2) is 18.1 Å². The van der Waals surface area contributed by atoms with E-state index in [2.05, 4.69) is 22.0 Å². The lowest BCUT2D eigenvalue weighted by atomic mass is 9.82. The first-order chi connectivity index (χ1) is 15.9. The Morgan fingerprint density at radius 3 is 2.67 bits per heavy atom. The first-order valence-electron chi connectivity index (χ1n) is 12.0. The van der Waals surface area contributed by atoms with E-state index in [1.54, 1.807) is 0 Å². The molecule has 0 atom stereocenters. The number of hydroxylamine groups is 1. The van der Waals surface area contributed by atoms with Gasteiger partial charge in [0.2, 0.25) is 0 Å². The fraction of sp³-hybridized carbons (Fsp3) is 0.652. The average Bonchev–Trinajstić information content (AvgIpc) is 3.42. The van der Waals surface area contributed by atoms with Crippen LogP contribution in [0.1, 0.15) is 57.9 Å². The summed E-state index contributed by atoms with van der Waals surface area (Å²) in [6.07, 6.45) is 11.2. The quantitative estimate of drug-likeness (QED) is 0.657. The third-order valence-electron chi connectivity index (χ3n) is 7.11. The minimum Gasteiger partial charge on any atom is -0.381 e. The predicted octanol–water partition coefficient (Wildman–Crippen LogP) is 3.03. The molecule has 0 radical (unpaired) electrons. The molecule has 1 saturated heterocycles. The van der Waals surface area contributed by atoms with Gasteiger partial charge in [0.05, 0.1) is 40.6 Å². The lowest BCUT2D eigenvalue weighted by molar-refractivity contribution is -0.0849. The van der Waals surface area contributed by atoms with Crippen molar-refractivity contribution in [3.8, 4) is 0 Å². The van der Waals surface area contributed by atoms with E-state index in [-0.39, 0.29) is 23.1 Å². The monoisotopic (exact) mass is 475 g/mol. The van der Waals surface area contributed by atoms with E-state index in [0.29, 0.717) is 18.9 Å². The molecule has 1 aliphatic carbocycles. The molecule has 1 spiro atoms. The Balaban J connectivity index is 1.46. The second-order valence-corrected chi connectivity index (χ2v) is 11.6. The van der Waals surface area contributed by atoms with Crippen LogP contribution in [0.25, 0.3) is 16.7 Å². The van der Waals surface area contributed by atoms with Crippen LogP contribution in [-0.2, 0) is 26.0 Å². The fourth-order valence-electron chi connectivity index (χ4n) is 5.20. The SMILES string of the molecule is CCOC1CCC2(C=C(c3cnc4c(cnn4CC)c3NC3CCS(=O)(=O)CC3)NO2)CC1. The molecular formula is C23H33N5O4S. The summed E-state index contributed by atoms with van der Waals surface area (Å²) < 4.78 is 31.5. The molecule has 2 aromatic rings. The van der Waals surface area contributed by atoms with Crippen LogP contribution in [0.3, 0.4) is 0 Å². The molecule has 0 amide bonds. The topological polar surface area (TPSA) is 107 Å². The van der Waals surface area contributed by atoms with Crippen molar-refractivity contribution in [1.82, 2.24) is 20.2 Å². The number of sulfone groups is 1. The molecule has 2 aromatic heterocycles. The highest BCUT2D eigenvalue weighted by atomic mass is 32.2. The van der Waals surface area contributed by atoms with E-state index >= 15 is 0 Å². The van der Waals surface area contributed by atoms with E-state index in [1.165, 1.54) is 0 Å². The van der Waals surface area contributed by atoms with Gasteiger partial charge in [-0.05, 0) is 58.4 Å². The Hall–Kier alpha value is -2.17. The van der Waals surface area contributed by atoms with Crippen LogP contribution >= 0.6 is 0 Å². The Bertz CT molecular complexity index is 1140. The maximum absolute atomic E-state index is 11.9. The second-order valence-electron chi connectivity index (χ2n) is 9.30. The van der Waals surface area contributed by atoms with Crippen molar-refractivity contribution >= 4 is 32.3 Å². The van der Waals surface area contributed by atoms with Crippen LogP contribution < -0.4 is 10.8 Å². The number of hydrogen-bond acceptors (Lipinski definition) is 8. The molecule has 0 aromatic carbocycles. The number of anilines is 1. The lowest BCUT2D eigenvalue weighted by Crippen LogP contribution is -2.37. The first-order valence-corrected chi connectivity index (χ1v) is 13.8. The van der Waals surface area contributed by atoms with Crippen molar-refractivity contribution in [2.24, 2.45) is 0 Å². The molecule has 5 rings (SSSR count). The Morgan fingerprint density at radius 1 is 1.21 bits per heavy atom. The number of hydrogen-bond donors (Lipinski definition) is 2. The zero-order valence-electron chi connectivity index (χ0n) is 19.3. The van der Waals surface area contributed by atoms with E-state index in [9.17, 15) is 8.42 Å². The molecular weight excluding hydrogens is 442 g/mol. The Labute approximate surface area is 194 Å². The number of nitrogens with zero attached hydrogens (tertiary/aromatic N) is 3. The van der Waals surface area contributed by atoms with Crippen molar-refractivity contribution in [2.45, 2.75) is 76.7 Å². The number of nitrogens with one attached hydrogen (secondary N) is 2. The number of aryl methyl sites for hydroxylation is 1. The molecule has 1 saturated carbocycles. The first kappa shape index (κ1) is 22.6. The molecule has 2 aliphatic heterocycles. The van der Waals surface area contributed by atoms with Gasteiger partial charge in [0.25, 0.3) is 0 Å². The molecule has 2 N–H and O–H groups in total. The van der Waals surface area contributed by atoms with Crippen LogP contribution in [0, 0.1) is 0 Å². The maximum atomic E-state index is 11.9. The van der Waals surface area contributed by atoms with Crippen molar-refractivity contribution in [2.75, 3.05) is 23.4 Å². The van der Waals surface area contributed by atoms with E-state index < -0.39 is 9.84 Å². The van der Waals surface area contributed by atoms with Gasteiger partial charge >= 0.3 is 0 Å². The minimum atomic E-state index is -2.93. The van der Waals surface area contributed by atoms with E-state index in [0.717, 1.165) is 66.8 Å². The predicted molar refractivity (Wildman–Crippen MR) is 127 cm³/mol. The highest BCUT2D eigenvalue weighted by Crippen LogP contribution is 2.41. The third-order valence-corrected chi connectivity index (χ3v) is 8.83. The summed E-state index contributed by atoms with van der Waals surface area (Å²) in [5.41, 5.74) is 6.42. The smallest absolute Gasteiger partial charge is 0.159 e. The minimum absolute atomic E-state index is 0.0846. The highest BCUT2D eigenvalue weighted by Gasteiger charge is 2.40. The summed E-state index contributed by atoms with van der Waals surface area (Å²) in [7, 11) is -2.93. The zero-order chi connectivity index (χ0) is 23.1. The summed E-state index contributed by atoms with van der Waals surface area (Å²) in [6.45, 7) is 5.55. The van der Waals surface area contributed by atoms with E-state index in [4.69, 9.17) is 14.6 Å². The van der Waals surface area contributed by atoms with Gasteiger partial charge in [-0.15, -0.1) is 0 Å². The lowest BCUT2D eigenvalue weighted by Gasteiger charge is -2.33. The van der Waals surface area contributed by atoms with Crippen LogP contribution in [0.4, 0.5) is 5.69 Å². The average molecular weight is 476 g/mol. The molecule has 9 nitrogen and oxygen atoms in total. The summed E-state index contributed by atoms with van der Waals surface area (Å²) in [5, 5.41) is 9.08. The molecule has 2 fully saturated rings. The van der Waals surface area contributed by atoms with Crippen molar-refractivity contribution in [3.05, 3.63) is 24.0 Å². The van der Waals surface area contributed by atoms with Crippen molar-refractivity contribution in [3.63, 3.8) is 0 Å². The largest absolute Gasteiger partial charge is 0.381 e. The van der Waals surface area contributed by atoms with Gasteiger partial charge in [0, 0.05) is 31.0 Å². The summed E-state index contributed by atoms with van der Waals surface area (Å²) in [5.74, 6) is 0.438. The summed E-state index contributed by atoms with van der Waals surface area (Å²) >= 11 is 0.